The normalized spacial score (nSPS) is 29.6. The third kappa shape index (κ3) is 2.57. The molecule has 1 saturated heterocycles. The Kier molecular flexibility index (Phi) is 3.53. The maximum absolute atomic E-state index is 6.01. The minimum atomic E-state index is 0.0989. The maximum atomic E-state index is 6.01. The van der Waals surface area contributed by atoms with Crippen molar-refractivity contribution in [3.63, 3.8) is 0 Å². The summed E-state index contributed by atoms with van der Waals surface area (Å²) in [7, 11) is 1.75. The topological polar surface area (TPSA) is 21.3 Å². The molecule has 2 atom stereocenters. The van der Waals surface area contributed by atoms with Crippen LogP contribution in [0, 0.1) is 0 Å². The third-order valence-electron chi connectivity index (χ3n) is 3.26. The number of nitrogens with one attached hydrogen (secondary N) is 1. The highest BCUT2D eigenvalue weighted by atomic mass is 35.5. The van der Waals surface area contributed by atoms with Crippen molar-refractivity contribution in [1.82, 2.24) is 5.32 Å². The molecule has 0 aromatic heterocycles. The lowest BCUT2D eigenvalue weighted by atomic mass is 9.91. The van der Waals surface area contributed by atoms with Crippen molar-refractivity contribution in [2.45, 2.75) is 24.8 Å². The zero-order chi connectivity index (χ0) is 11.6. The Morgan fingerprint density at radius 1 is 1.56 bits per heavy atom. The summed E-state index contributed by atoms with van der Waals surface area (Å²) in [6.07, 6.45) is 1.10. The first-order valence-electron chi connectivity index (χ1n) is 5.62. The van der Waals surface area contributed by atoms with Crippen LogP contribution in [0.1, 0.15) is 24.8 Å². The minimum absolute atomic E-state index is 0.0989. The van der Waals surface area contributed by atoms with E-state index < -0.39 is 0 Å². The van der Waals surface area contributed by atoms with Crippen molar-refractivity contribution < 1.29 is 4.74 Å². The molecule has 1 aliphatic heterocycles. The first kappa shape index (κ1) is 11.9. The van der Waals surface area contributed by atoms with E-state index in [2.05, 4.69) is 24.4 Å². The lowest BCUT2D eigenvalue weighted by Gasteiger charge is -2.23. The fourth-order valence-corrected chi connectivity index (χ4v) is 2.68. The fraction of sp³-hybridized carbons (Fsp3) is 0.538. The van der Waals surface area contributed by atoms with Crippen LogP contribution in [0.5, 0.6) is 0 Å². The van der Waals surface area contributed by atoms with Crippen LogP contribution in [0.4, 0.5) is 0 Å². The molecule has 1 heterocycles. The second-order valence-corrected chi connectivity index (χ2v) is 5.27. The monoisotopic (exact) mass is 239 g/mol. The fourth-order valence-electron chi connectivity index (χ4n) is 2.48. The van der Waals surface area contributed by atoms with Crippen LogP contribution in [0.15, 0.2) is 24.3 Å². The first-order chi connectivity index (χ1) is 7.63. The van der Waals surface area contributed by atoms with E-state index >= 15 is 0 Å². The van der Waals surface area contributed by atoms with E-state index in [0.29, 0.717) is 5.92 Å². The van der Waals surface area contributed by atoms with Gasteiger partial charge in [-0.25, -0.2) is 0 Å². The van der Waals surface area contributed by atoms with Gasteiger partial charge in [0.2, 0.25) is 0 Å². The predicted octanol–water partition coefficient (Wildman–Crippen LogP) is 2.82. The SMILES string of the molecule is COCC1(C)CC(c2cccc(Cl)c2)CN1. The third-order valence-corrected chi connectivity index (χ3v) is 3.49. The Morgan fingerprint density at radius 3 is 3.06 bits per heavy atom. The summed E-state index contributed by atoms with van der Waals surface area (Å²) < 4.78 is 5.25. The molecule has 0 saturated carbocycles. The molecule has 0 spiro atoms. The Bertz CT molecular complexity index is 369. The van der Waals surface area contributed by atoms with Crippen LogP contribution in [-0.4, -0.2) is 25.8 Å². The van der Waals surface area contributed by atoms with E-state index in [0.717, 1.165) is 24.6 Å². The van der Waals surface area contributed by atoms with E-state index in [-0.39, 0.29) is 5.54 Å². The van der Waals surface area contributed by atoms with E-state index in [1.807, 2.05) is 12.1 Å². The quantitative estimate of drug-likeness (QED) is 0.876. The van der Waals surface area contributed by atoms with Gasteiger partial charge in [-0.05, 0) is 37.0 Å². The van der Waals surface area contributed by atoms with Gasteiger partial charge in [-0.2, -0.15) is 0 Å². The van der Waals surface area contributed by atoms with E-state index in [1.54, 1.807) is 7.11 Å². The van der Waals surface area contributed by atoms with E-state index in [4.69, 9.17) is 16.3 Å². The molecule has 0 radical (unpaired) electrons. The molecule has 2 rings (SSSR count). The molecule has 1 aromatic carbocycles. The van der Waals surface area contributed by atoms with Crippen molar-refractivity contribution in [2.24, 2.45) is 0 Å². The van der Waals surface area contributed by atoms with Crippen LogP contribution < -0.4 is 5.32 Å². The molecule has 88 valence electrons. The molecular weight excluding hydrogens is 222 g/mol. The average molecular weight is 240 g/mol. The van der Waals surface area contributed by atoms with Gasteiger partial charge in [0.25, 0.3) is 0 Å². The van der Waals surface area contributed by atoms with Crippen LogP contribution >= 0.6 is 11.6 Å². The number of benzene rings is 1. The standard InChI is InChI=1S/C13H18ClNO/c1-13(9-16-2)7-11(8-15-13)10-4-3-5-12(14)6-10/h3-6,11,15H,7-9H2,1-2H3. The molecule has 2 nitrogen and oxygen atoms in total. The summed E-state index contributed by atoms with van der Waals surface area (Å²) in [6, 6.07) is 8.15. The largest absolute Gasteiger partial charge is 0.383 e. The van der Waals surface area contributed by atoms with E-state index in [9.17, 15) is 0 Å². The number of rotatable bonds is 3. The Hall–Kier alpha value is -0.570. The molecule has 2 unspecified atom stereocenters. The molecular formula is C13H18ClNO. The Balaban J connectivity index is 2.09. The van der Waals surface area contributed by atoms with Gasteiger partial charge in [-0.1, -0.05) is 23.7 Å². The molecule has 0 bridgehead atoms. The van der Waals surface area contributed by atoms with Crippen molar-refractivity contribution in [1.29, 1.82) is 0 Å². The molecule has 1 fully saturated rings. The molecule has 3 heteroatoms. The predicted molar refractivity (Wildman–Crippen MR) is 67.1 cm³/mol. The lowest BCUT2D eigenvalue weighted by Crippen LogP contribution is -2.40. The van der Waals surface area contributed by atoms with Crippen LogP contribution in [-0.2, 0) is 4.74 Å². The summed E-state index contributed by atoms with van der Waals surface area (Å²) in [5, 5.41) is 4.35. The van der Waals surface area contributed by atoms with Gasteiger partial charge in [-0.15, -0.1) is 0 Å². The van der Waals surface area contributed by atoms with Gasteiger partial charge in [0.1, 0.15) is 0 Å². The highest BCUT2D eigenvalue weighted by Crippen LogP contribution is 2.32. The number of hydrogen-bond acceptors (Lipinski definition) is 2. The second kappa shape index (κ2) is 4.74. The number of hydrogen-bond donors (Lipinski definition) is 1. The number of halogens is 1. The van der Waals surface area contributed by atoms with Gasteiger partial charge >= 0.3 is 0 Å². The summed E-state index contributed by atoms with van der Waals surface area (Å²) >= 11 is 6.01. The zero-order valence-electron chi connectivity index (χ0n) is 9.79. The van der Waals surface area contributed by atoms with Crippen LogP contribution in [0.3, 0.4) is 0 Å². The molecule has 16 heavy (non-hydrogen) atoms. The zero-order valence-corrected chi connectivity index (χ0v) is 10.6. The van der Waals surface area contributed by atoms with Crippen molar-refractivity contribution in [3.05, 3.63) is 34.9 Å². The summed E-state index contributed by atoms with van der Waals surface area (Å²) in [4.78, 5) is 0. The molecule has 1 aromatic rings. The Labute approximate surface area is 102 Å². The van der Waals surface area contributed by atoms with Crippen molar-refractivity contribution in [2.75, 3.05) is 20.3 Å². The first-order valence-corrected chi connectivity index (χ1v) is 6.00. The highest BCUT2D eigenvalue weighted by Gasteiger charge is 2.35. The lowest BCUT2D eigenvalue weighted by molar-refractivity contribution is 0.129. The molecule has 0 amide bonds. The molecule has 1 N–H and O–H groups in total. The summed E-state index contributed by atoms with van der Waals surface area (Å²) in [5.41, 5.74) is 1.42. The average Bonchev–Trinajstić information content (AvgIpc) is 2.61. The number of ether oxygens (including phenoxy) is 1. The molecule has 0 aliphatic carbocycles. The van der Waals surface area contributed by atoms with Crippen molar-refractivity contribution >= 4 is 11.6 Å². The van der Waals surface area contributed by atoms with Gasteiger partial charge in [-0.3, -0.25) is 0 Å². The van der Waals surface area contributed by atoms with Crippen LogP contribution in [0.25, 0.3) is 0 Å². The van der Waals surface area contributed by atoms with Gasteiger partial charge in [0.15, 0.2) is 0 Å². The smallest absolute Gasteiger partial charge is 0.0642 e. The minimum Gasteiger partial charge on any atom is -0.383 e. The van der Waals surface area contributed by atoms with Gasteiger partial charge < -0.3 is 10.1 Å². The molecule has 1 aliphatic rings. The van der Waals surface area contributed by atoms with Gasteiger partial charge in [0.05, 0.1) is 6.61 Å². The second-order valence-electron chi connectivity index (χ2n) is 4.83. The summed E-state index contributed by atoms with van der Waals surface area (Å²) in [6.45, 7) is 3.96. The van der Waals surface area contributed by atoms with Gasteiger partial charge in [0, 0.05) is 24.2 Å². The van der Waals surface area contributed by atoms with Crippen LogP contribution in [0.2, 0.25) is 5.02 Å². The Morgan fingerprint density at radius 2 is 2.38 bits per heavy atom. The van der Waals surface area contributed by atoms with Crippen molar-refractivity contribution in [3.8, 4) is 0 Å². The highest BCUT2D eigenvalue weighted by molar-refractivity contribution is 6.30. The maximum Gasteiger partial charge on any atom is 0.0642 e. The summed E-state index contributed by atoms with van der Waals surface area (Å²) in [5.74, 6) is 0.541. The van der Waals surface area contributed by atoms with E-state index in [1.165, 1.54) is 5.56 Å². The number of methoxy groups -OCH3 is 1.